The highest BCUT2D eigenvalue weighted by Gasteiger charge is 2.35. The van der Waals surface area contributed by atoms with Crippen molar-refractivity contribution < 1.29 is 19.0 Å². The molecule has 0 aliphatic carbocycles. The predicted octanol–water partition coefficient (Wildman–Crippen LogP) is 4.01. The highest BCUT2D eigenvalue weighted by Crippen LogP contribution is 2.36. The molecule has 188 valence electrons. The summed E-state index contributed by atoms with van der Waals surface area (Å²) in [5.74, 6) is 0.762. The van der Waals surface area contributed by atoms with Crippen LogP contribution in [0.3, 0.4) is 0 Å². The number of fused-ring (bicyclic) bond motifs is 1. The van der Waals surface area contributed by atoms with Crippen LogP contribution in [0.15, 0.2) is 81.4 Å². The number of hydrogen-bond acceptors (Lipinski definition) is 8. The van der Waals surface area contributed by atoms with Gasteiger partial charge in [0.25, 0.3) is 5.56 Å². The van der Waals surface area contributed by atoms with Crippen LogP contribution in [0, 0.1) is 0 Å². The van der Waals surface area contributed by atoms with Gasteiger partial charge in [0.2, 0.25) is 0 Å². The summed E-state index contributed by atoms with van der Waals surface area (Å²) < 4.78 is 18.4. The number of aromatic nitrogens is 1. The Morgan fingerprint density at radius 1 is 1.08 bits per heavy atom. The first kappa shape index (κ1) is 24.7. The number of ether oxygens (including phenoxy) is 3. The monoisotopic (exact) mass is 532 g/mol. The second-order valence-corrected chi connectivity index (χ2v) is 10.0. The maximum atomic E-state index is 13.9. The predicted molar refractivity (Wildman–Crippen MR) is 145 cm³/mol. The van der Waals surface area contributed by atoms with Crippen LogP contribution < -0.4 is 24.4 Å². The second-order valence-electron chi connectivity index (χ2n) is 8.05. The third kappa shape index (κ3) is 4.63. The number of thiophene rings is 1. The fourth-order valence-electron chi connectivity index (χ4n) is 4.25. The zero-order valence-electron chi connectivity index (χ0n) is 20.5. The normalized spacial score (nSPS) is 15.2. The lowest BCUT2D eigenvalue weighted by Gasteiger charge is -2.24. The van der Waals surface area contributed by atoms with Crippen molar-refractivity contribution in [1.29, 1.82) is 0 Å². The minimum absolute atomic E-state index is 0.210. The molecule has 2 aromatic carbocycles. The molecule has 0 radical (unpaired) electrons. The Labute approximate surface area is 221 Å². The Hall–Kier alpha value is -3.95. The van der Waals surface area contributed by atoms with Gasteiger partial charge in [-0.2, -0.15) is 0 Å². The Bertz CT molecular complexity index is 1650. The van der Waals surface area contributed by atoms with Gasteiger partial charge in [0, 0.05) is 16.0 Å². The average Bonchev–Trinajstić information content (AvgIpc) is 3.57. The molecule has 0 amide bonds. The van der Waals surface area contributed by atoms with Gasteiger partial charge in [-0.05, 0) is 42.6 Å². The van der Waals surface area contributed by atoms with Gasteiger partial charge < -0.3 is 14.2 Å². The number of thiazole rings is 1. The van der Waals surface area contributed by atoms with E-state index in [4.69, 9.17) is 19.2 Å². The number of nitrogens with zero attached hydrogens (tertiary/aromatic N) is 2. The molecular weight excluding hydrogens is 508 g/mol. The number of carbonyl (C=O) groups excluding carboxylic acids is 1. The van der Waals surface area contributed by atoms with Gasteiger partial charge in [0.15, 0.2) is 4.80 Å². The van der Waals surface area contributed by atoms with Crippen molar-refractivity contribution in [2.45, 2.75) is 13.0 Å². The molecule has 4 aromatic rings. The van der Waals surface area contributed by atoms with Crippen molar-refractivity contribution >= 4 is 40.4 Å². The van der Waals surface area contributed by atoms with E-state index in [2.05, 4.69) is 0 Å². The molecule has 9 heteroatoms. The molecule has 1 atom stereocenters. The molecule has 0 fully saturated rings. The van der Waals surface area contributed by atoms with Crippen molar-refractivity contribution in [2.75, 3.05) is 20.8 Å². The first-order valence-electron chi connectivity index (χ1n) is 11.6. The van der Waals surface area contributed by atoms with E-state index in [9.17, 15) is 9.59 Å². The Morgan fingerprint density at radius 2 is 1.89 bits per heavy atom. The highest BCUT2D eigenvalue weighted by molar-refractivity contribution is 7.10. The van der Waals surface area contributed by atoms with Crippen LogP contribution in [0.25, 0.3) is 11.8 Å². The molecule has 0 spiro atoms. The average molecular weight is 533 g/mol. The second kappa shape index (κ2) is 10.6. The zero-order valence-corrected chi connectivity index (χ0v) is 22.1. The molecule has 1 aliphatic heterocycles. The number of methoxy groups -OCH3 is 2. The van der Waals surface area contributed by atoms with Crippen LogP contribution in [0.4, 0.5) is 0 Å². The van der Waals surface area contributed by atoms with E-state index in [1.165, 1.54) is 22.7 Å². The quantitative estimate of drug-likeness (QED) is 0.336. The third-order valence-electron chi connectivity index (χ3n) is 5.91. The molecule has 0 saturated heterocycles. The van der Waals surface area contributed by atoms with Crippen molar-refractivity contribution in [3.8, 4) is 11.5 Å². The zero-order chi connectivity index (χ0) is 25.9. The Kier molecular flexibility index (Phi) is 7.07. The number of rotatable bonds is 7. The van der Waals surface area contributed by atoms with E-state index >= 15 is 0 Å². The SMILES string of the molecule is CCOC(=O)C1=C(c2ccccc2)N=c2s/c(=C/c3cc(OC)ccc3OC)c(=O)n2C1c1cccs1. The number of benzene rings is 2. The lowest BCUT2D eigenvalue weighted by atomic mass is 9.97. The summed E-state index contributed by atoms with van der Waals surface area (Å²) in [4.78, 5) is 33.5. The molecule has 0 N–H and O–H groups in total. The number of hydrogen-bond donors (Lipinski definition) is 0. The summed E-state index contributed by atoms with van der Waals surface area (Å²) >= 11 is 2.74. The summed E-state index contributed by atoms with van der Waals surface area (Å²) in [7, 11) is 3.16. The Morgan fingerprint density at radius 3 is 2.57 bits per heavy atom. The third-order valence-corrected chi connectivity index (χ3v) is 7.82. The van der Waals surface area contributed by atoms with Gasteiger partial charge >= 0.3 is 5.97 Å². The molecule has 2 aromatic heterocycles. The number of carbonyl (C=O) groups is 1. The maximum absolute atomic E-state index is 13.9. The summed E-state index contributed by atoms with van der Waals surface area (Å²) in [5.41, 5.74) is 2.07. The first-order valence-corrected chi connectivity index (χ1v) is 13.3. The smallest absolute Gasteiger partial charge is 0.338 e. The van der Waals surface area contributed by atoms with E-state index in [1.807, 2.05) is 53.9 Å². The van der Waals surface area contributed by atoms with Gasteiger partial charge in [-0.1, -0.05) is 47.7 Å². The first-order chi connectivity index (χ1) is 18.0. The van der Waals surface area contributed by atoms with Gasteiger partial charge in [-0.15, -0.1) is 11.3 Å². The highest BCUT2D eigenvalue weighted by atomic mass is 32.1. The molecule has 1 unspecified atom stereocenters. The van der Waals surface area contributed by atoms with Crippen LogP contribution in [0.5, 0.6) is 11.5 Å². The van der Waals surface area contributed by atoms with Gasteiger partial charge in [0.1, 0.15) is 17.5 Å². The van der Waals surface area contributed by atoms with Crippen LogP contribution in [-0.4, -0.2) is 31.4 Å². The van der Waals surface area contributed by atoms with Crippen molar-refractivity contribution in [1.82, 2.24) is 4.57 Å². The van der Waals surface area contributed by atoms with E-state index in [1.54, 1.807) is 43.9 Å². The Balaban J connectivity index is 1.81. The minimum Gasteiger partial charge on any atom is -0.497 e. The summed E-state index contributed by atoms with van der Waals surface area (Å²) in [6.07, 6.45) is 1.77. The largest absolute Gasteiger partial charge is 0.497 e. The fourth-order valence-corrected chi connectivity index (χ4v) is 6.07. The minimum atomic E-state index is -0.667. The van der Waals surface area contributed by atoms with E-state index in [0.717, 1.165) is 10.4 Å². The molecule has 0 saturated carbocycles. The molecule has 7 nitrogen and oxygen atoms in total. The van der Waals surface area contributed by atoms with Gasteiger partial charge in [-0.25, -0.2) is 9.79 Å². The van der Waals surface area contributed by atoms with Crippen LogP contribution in [0.2, 0.25) is 0 Å². The van der Waals surface area contributed by atoms with Crippen LogP contribution in [-0.2, 0) is 9.53 Å². The standard InChI is InChI=1S/C28H24N2O5S2/c1-4-35-27(32)23-24(17-9-6-5-7-10-17)29-28-30(25(23)21-11-8-14-36-21)26(31)22(37-28)16-18-15-19(33-2)12-13-20(18)34-3/h5-16,25H,4H2,1-3H3/b22-16+. The van der Waals surface area contributed by atoms with Crippen LogP contribution in [0.1, 0.15) is 29.0 Å². The summed E-state index contributed by atoms with van der Waals surface area (Å²) in [6.45, 7) is 1.97. The van der Waals surface area contributed by atoms with Crippen molar-refractivity contribution in [3.63, 3.8) is 0 Å². The van der Waals surface area contributed by atoms with Crippen LogP contribution >= 0.6 is 22.7 Å². The fraction of sp³-hybridized carbons (Fsp3) is 0.179. The van der Waals surface area contributed by atoms with Gasteiger partial charge in [0.05, 0.1) is 36.6 Å². The molecule has 5 rings (SSSR count). The topological polar surface area (TPSA) is 79.1 Å². The van der Waals surface area contributed by atoms with E-state index in [-0.39, 0.29) is 12.2 Å². The molecular formula is C28H24N2O5S2. The van der Waals surface area contributed by atoms with Gasteiger partial charge in [-0.3, -0.25) is 9.36 Å². The van der Waals surface area contributed by atoms with E-state index in [0.29, 0.717) is 37.7 Å². The van der Waals surface area contributed by atoms with Crippen molar-refractivity contribution in [2.24, 2.45) is 4.99 Å². The lowest BCUT2D eigenvalue weighted by Crippen LogP contribution is -2.39. The molecule has 37 heavy (non-hydrogen) atoms. The number of esters is 1. The van der Waals surface area contributed by atoms with Crippen molar-refractivity contribution in [3.05, 3.63) is 107 Å². The molecule has 0 bridgehead atoms. The summed E-state index contributed by atoms with van der Waals surface area (Å²) in [6, 6.07) is 18.1. The summed E-state index contributed by atoms with van der Waals surface area (Å²) in [5, 5.41) is 1.93. The maximum Gasteiger partial charge on any atom is 0.338 e. The lowest BCUT2D eigenvalue weighted by molar-refractivity contribution is -0.138. The molecule has 1 aliphatic rings. The van der Waals surface area contributed by atoms with E-state index < -0.39 is 12.0 Å². The molecule has 3 heterocycles.